The maximum atomic E-state index is 6.21. The van der Waals surface area contributed by atoms with Gasteiger partial charge in [0.15, 0.2) is 0 Å². The maximum Gasteiger partial charge on any atom is 0.0920 e. The lowest BCUT2D eigenvalue weighted by atomic mass is 9.99. The minimum atomic E-state index is 0.0525. The van der Waals surface area contributed by atoms with Crippen LogP contribution in [-0.2, 0) is 0 Å². The van der Waals surface area contributed by atoms with E-state index in [2.05, 4.69) is 17.0 Å². The fourth-order valence-electron chi connectivity index (χ4n) is 1.97. The summed E-state index contributed by atoms with van der Waals surface area (Å²) < 4.78 is 1.94. The molecule has 90 valence electrons. The van der Waals surface area contributed by atoms with Crippen molar-refractivity contribution in [3.63, 3.8) is 0 Å². The minimum absolute atomic E-state index is 0.0525. The van der Waals surface area contributed by atoms with Gasteiger partial charge >= 0.3 is 0 Å². The molecule has 2 heterocycles. The normalized spacial score (nSPS) is 14.5. The quantitative estimate of drug-likeness (QED) is 0.873. The van der Waals surface area contributed by atoms with Crippen LogP contribution in [0.2, 0.25) is 0 Å². The molecule has 0 spiro atoms. The Morgan fingerprint density at radius 1 is 1.29 bits per heavy atom. The molecule has 0 amide bonds. The Kier molecular flexibility index (Phi) is 3.54. The van der Waals surface area contributed by atoms with Gasteiger partial charge in [0.25, 0.3) is 0 Å². The molecule has 0 saturated carbocycles. The fraction of sp³-hybridized carbons (Fsp3) is 0.385. The number of pyridine rings is 1. The summed E-state index contributed by atoms with van der Waals surface area (Å²) in [5.74, 6) is 0. The van der Waals surface area contributed by atoms with Crippen LogP contribution in [0.3, 0.4) is 0 Å². The van der Waals surface area contributed by atoms with Crippen molar-refractivity contribution in [3.8, 4) is 0 Å². The first-order valence-corrected chi connectivity index (χ1v) is 5.89. The van der Waals surface area contributed by atoms with Crippen molar-refractivity contribution in [2.24, 2.45) is 5.73 Å². The SMILES string of the molecule is CCC(N)C(c1ccncc1)n1ccc(C)n1. The van der Waals surface area contributed by atoms with Crippen molar-refractivity contribution in [2.45, 2.75) is 32.4 Å². The highest BCUT2D eigenvalue weighted by atomic mass is 15.3. The number of nitrogens with two attached hydrogens (primary N) is 1. The number of aromatic nitrogens is 3. The second kappa shape index (κ2) is 5.10. The number of hydrogen-bond donors (Lipinski definition) is 1. The van der Waals surface area contributed by atoms with Crippen molar-refractivity contribution in [3.05, 3.63) is 48.0 Å². The summed E-state index contributed by atoms with van der Waals surface area (Å²) in [7, 11) is 0. The van der Waals surface area contributed by atoms with Gasteiger partial charge in [-0.3, -0.25) is 9.67 Å². The van der Waals surface area contributed by atoms with Gasteiger partial charge in [-0.2, -0.15) is 5.10 Å². The first-order chi connectivity index (χ1) is 8.22. The van der Waals surface area contributed by atoms with Gasteiger partial charge in [-0.05, 0) is 37.1 Å². The van der Waals surface area contributed by atoms with E-state index >= 15 is 0 Å². The molecule has 2 N–H and O–H groups in total. The monoisotopic (exact) mass is 230 g/mol. The Balaban J connectivity index is 2.39. The topological polar surface area (TPSA) is 56.7 Å². The van der Waals surface area contributed by atoms with Gasteiger partial charge in [-0.25, -0.2) is 0 Å². The highest BCUT2D eigenvalue weighted by Crippen LogP contribution is 2.21. The van der Waals surface area contributed by atoms with Crippen LogP contribution in [0.4, 0.5) is 0 Å². The van der Waals surface area contributed by atoms with Gasteiger partial charge in [0.1, 0.15) is 0 Å². The lowest BCUT2D eigenvalue weighted by Gasteiger charge is -2.23. The number of nitrogens with zero attached hydrogens (tertiary/aromatic N) is 3. The van der Waals surface area contributed by atoms with Crippen molar-refractivity contribution in [1.82, 2.24) is 14.8 Å². The second-order valence-corrected chi connectivity index (χ2v) is 4.23. The molecule has 2 atom stereocenters. The summed E-state index contributed by atoms with van der Waals surface area (Å²) in [6, 6.07) is 6.12. The Morgan fingerprint density at radius 2 is 2.00 bits per heavy atom. The molecule has 0 aliphatic carbocycles. The fourth-order valence-corrected chi connectivity index (χ4v) is 1.97. The second-order valence-electron chi connectivity index (χ2n) is 4.23. The van der Waals surface area contributed by atoms with Crippen molar-refractivity contribution >= 4 is 0 Å². The first kappa shape index (κ1) is 11.8. The van der Waals surface area contributed by atoms with Crippen molar-refractivity contribution in [1.29, 1.82) is 0 Å². The molecule has 0 aromatic carbocycles. The summed E-state index contributed by atoms with van der Waals surface area (Å²) in [5, 5.41) is 4.47. The Hall–Kier alpha value is -1.68. The Morgan fingerprint density at radius 3 is 2.53 bits per heavy atom. The number of hydrogen-bond acceptors (Lipinski definition) is 3. The van der Waals surface area contributed by atoms with E-state index in [1.807, 2.05) is 36.0 Å². The molecule has 4 heteroatoms. The smallest absolute Gasteiger partial charge is 0.0920 e. The molecular weight excluding hydrogens is 212 g/mol. The largest absolute Gasteiger partial charge is 0.326 e. The zero-order valence-corrected chi connectivity index (χ0v) is 10.2. The summed E-state index contributed by atoms with van der Waals surface area (Å²) in [6.07, 6.45) is 6.48. The van der Waals surface area contributed by atoms with Gasteiger partial charge < -0.3 is 5.73 Å². The van der Waals surface area contributed by atoms with Crippen molar-refractivity contribution in [2.75, 3.05) is 0 Å². The first-order valence-electron chi connectivity index (χ1n) is 5.89. The third kappa shape index (κ3) is 2.53. The summed E-state index contributed by atoms with van der Waals surface area (Å²) >= 11 is 0. The lowest BCUT2D eigenvalue weighted by Crippen LogP contribution is -2.32. The summed E-state index contributed by atoms with van der Waals surface area (Å²) in [5.41, 5.74) is 8.37. The molecule has 0 aliphatic rings. The highest BCUT2D eigenvalue weighted by Gasteiger charge is 2.20. The van der Waals surface area contributed by atoms with Crippen LogP contribution >= 0.6 is 0 Å². The Bertz CT molecular complexity index is 463. The zero-order chi connectivity index (χ0) is 12.3. The molecule has 0 aliphatic heterocycles. The van der Waals surface area contributed by atoms with Crippen LogP contribution in [0.15, 0.2) is 36.8 Å². The van der Waals surface area contributed by atoms with E-state index in [1.165, 1.54) is 0 Å². The molecule has 4 nitrogen and oxygen atoms in total. The summed E-state index contributed by atoms with van der Waals surface area (Å²) in [4.78, 5) is 4.04. The van der Waals surface area contributed by atoms with E-state index in [0.717, 1.165) is 17.7 Å². The zero-order valence-electron chi connectivity index (χ0n) is 10.2. The number of rotatable bonds is 4. The number of aryl methyl sites for hydroxylation is 1. The predicted molar refractivity (Wildman–Crippen MR) is 67.6 cm³/mol. The Labute approximate surface area is 101 Å². The van der Waals surface area contributed by atoms with Crippen LogP contribution in [0.5, 0.6) is 0 Å². The lowest BCUT2D eigenvalue weighted by molar-refractivity contribution is 0.422. The molecule has 2 aromatic heterocycles. The van der Waals surface area contributed by atoms with Gasteiger partial charge in [0.2, 0.25) is 0 Å². The van der Waals surface area contributed by atoms with Crippen LogP contribution in [0, 0.1) is 6.92 Å². The third-order valence-corrected chi connectivity index (χ3v) is 2.95. The van der Waals surface area contributed by atoms with E-state index < -0.39 is 0 Å². The van der Waals surface area contributed by atoms with E-state index in [9.17, 15) is 0 Å². The maximum absolute atomic E-state index is 6.21. The molecule has 0 bridgehead atoms. The molecule has 2 aromatic rings. The third-order valence-electron chi connectivity index (χ3n) is 2.95. The van der Waals surface area contributed by atoms with E-state index in [4.69, 9.17) is 5.73 Å². The molecule has 0 saturated heterocycles. The molecule has 0 radical (unpaired) electrons. The summed E-state index contributed by atoms with van der Waals surface area (Å²) in [6.45, 7) is 4.08. The van der Waals surface area contributed by atoms with E-state index in [0.29, 0.717) is 0 Å². The average molecular weight is 230 g/mol. The molecule has 2 unspecified atom stereocenters. The van der Waals surface area contributed by atoms with Crippen LogP contribution in [0.25, 0.3) is 0 Å². The average Bonchev–Trinajstić information content (AvgIpc) is 2.77. The van der Waals surface area contributed by atoms with Gasteiger partial charge in [0, 0.05) is 24.6 Å². The minimum Gasteiger partial charge on any atom is -0.326 e. The standard InChI is InChI=1S/C13H18N4/c1-3-12(14)13(11-4-7-15-8-5-11)17-9-6-10(2)16-17/h4-9,12-13H,3,14H2,1-2H3. The van der Waals surface area contributed by atoms with Crippen LogP contribution < -0.4 is 5.73 Å². The van der Waals surface area contributed by atoms with Gasteiger partial charge in [0.05, 0.1) is 11.7 Å². The predicted octanol–water partition coefficient (Wildman–Crippen LogP) is 1.91. The van der Waals surface area contributed by atoms with E-state index in [-0.39, 0.29) is 12.1 Å². The van der Waals surface area contributed by atoms with Gasteiger partial charge in [-0.15, -0.1) is 0 Å². The van der Waals surface area contributed by atoms with Crippen LogP contribution in [-0.4, -0.2) is 20.8 Å². The van der Waals surface area contributed by atoms with E-state index in [1.54, 1.807) is 12.4 Å². The molecule has 17 heavy (non-hydrogen) atoms. The molecule has 2 rings (SSSR count). The highest BCUT2D eigenvalue weighted by molar-refractivity contribution is 5.18. The van der Waals surface area contributed by atoms with Gasteiger partial charge in [-0.1, -0.05) is 6.92 Å². The van der Waals surface area contributed by atoms with Crippen molar-refractivity contribution < 1.29 is 0 Å². The van der Waals surface area contributed by atoms with Crippen LogP contribution in [0.1, 0.15) is 30.6 Å². The molecular formula is C13H18N4. The molecule has 0 fully saturated rings.